The van der Waals surface area contributed by atoms with Gasteiger partial charge in [-0.2, -0.15) is 0 Å². The fourth-order valence-corrected chi connectivity index (χ4v) is 2.02. The zero-order valence-electron chi connectivity index (χ0n) is 9.55. The summed E-state index contributed by atoms with van der Waals surface area (Å²) in [7, 11) is 0. The van der Waals surface area contributed by atoms with E-state index in [0.717, 1.165) is 0 Å². The average Bonchev–Trinajstić information content (AvgIpc) is 2.66. The summed E-state index contributed by atoms with van der Waals surface area (Å²) in [4.78, 5) is 23.1. The summed E-state index contributed by atoms with van der Waals surface area (Å²) < 4.78 is 5.62. The molecule has 0 N–H and O–H groups in total. The predicted octanol–water partition coefficient (Wildman–Crippen LogP) is 3.25. The molecule has 2 aromatic rings. The molecule has 88 valence electrons. The second-order valence-corrected chi connectivity index (χ2v) is 4.15. The van der Waals surface area contributed by atoms with Crippen molar-refractivity contribution >= 4 is 11.6 Å². The summed E-state index contributed by atoms with van der Waals surface area (Å²) in [6, 6.07) is 14.3. The van der Waals surface area contributed by atoms with Crippen LogP contribution >= 0.6 is 0 Å². The molecule has 18 heavy (non-hydrogen) atoms. The quantitative estimate of drug-likeness (QED) is 0.754. The van der Waals surface area contributed by atoms with Crippen LogP contribution < -0.4 is 4.74 Å². The molecule has 3 nitrogen and oxygen atoms in total. The summed E-state index contributed by atoms with van der Waals surface area (Å²) in [6.07, 6.45) is -0.0237. The molecule has 0 amide bonds. The Morgan fingerprint density at radius 3 is 2.28 bits per heavy atom. The van der Waals surface area contributed by atoms with Gasteiger partial charge in [-0.3, -0.25) is 9.59 Å². The predicted molar refractivity (Wildman–Crippen MR) is 66.2 cm³/mol. The highest BCUT2D eigenvalue weighted by Gasteiger charge is 2.27. The van der Waals surface area contributed by atoms with E-state index < -0.39 is 0 Å². The monoisotopic (exact) mass is 238 g/mol. The van der Waals surface area contributed by atoms with Crippen molar-refractivity contribution in [2.75, 3.05) is 0 Å². The Morgan fingerprint density at radius 1 is 0.778 bits per heavy atom. The smallest absolute Gasteiger partial charge is 0.171 e. The van der Waals surface area contributed by atoms with Crippen LogP contribution in [0.4, 0.5) is 0 Å². The van der Waals surface area contributed by atoms with Crippen LogP contribution in [0.2, 0.25) is 0 Å². The van der Waals surface area contributed by atoms with Gasteiger partial charge < -0.3 is 4.74 Å². The summed E-state index contributed by atoms with van der Waals surface area (Å²) >= 11 is 0. The molecular formula is C15H10O3. The number of carbonyl (C=O) groups is 2. The lowest BCUT2D eigenvalue weighted by molar-refractivity contribution is 0.0923. The third-order valence-electron chi connectivity index (χ3n) is 2.89. The van der Waals surface area contributed by atoms with Crippen LogP contribution in [0.15, 0.2) is 48.5 Å². The van der Waals surface area contributed by atoms with E-state index in [1.54, 1.807) is 18.2 Å². The lowest BCUT2D eigenvalue weighted by atomic mass is 10.1. The molecule has 0 spiro atoms. The summed E-state index contributed by atoms with van der Waals surface area (Å²) in [5.74, 6) is 1.03. The van der Waals surface area contributed by atoms with Gasteiger partial charge in [0.05, 0.1) is 6.42 Å². The number of hydrogen-bond acceptors (Lipinski definition) is 3. The van der Waals surface area contributed by atoms with Crippen molar-refractivity contribution in [3.8, 4) is 11.5 Å². The molecule has 2 aromatic carbocycles. The number of ketones is 2. The zero-order valence-corrected chi connectivity index (χ0v) is 9.55. The Bertz CT molecular complexity index is 629. The van der Waals surface area contributed by atoms with E-state index in [4.69, 9.17) is 4.74 Å². The molecule has 0 aliphatic heterocycles. The summed E-state index contributed by atoms with van der Waals surface area (Å²) in [5, 5.41) is 0. The Hall–Kier alpha value is -2.42. The van der Waals surface area contributed by atoms with Gasteiger partial charge in [0.1, 0.15) is 11.5 Å². The van der Waals surface area contributed by atoms with Gasteiger partial charge in [-0.15, -0.1) is 0 Å². The Morgan fingerprint density at radius 2 is 1.50 bits per heavy atom. The lowest BCUT2D eigenvalue weighted by Crippen LogP contribution is -1.92. The maximum Gasteiger partial charge on any atom is 0.171 e. The van der Waals surface area contributed by atoms with Crippen LogP contribution in [-0.4, -0.2) is 11.6 Å². The number of carbonyl (C=O) groups excluding carboxylic acids is 2. The largest absolute Gasteiger partial charge is 0.457 e. The fourth-order valence-electron chi connectivity index (χ4n) is 2.02. The fraction of sp³-hybridized carbons (Fsp3) is 0.0667. The third kappa shape index (κ3) is 1.80. The van der Waals surface area contributed by atoms with Crippen molar-refractivity contribution < 1.29 is 14.3 Å². The summed E-state index contributed by atoms with van der Waals surface area (Å²) in [6.45, 7) is 0. The van der Waals surface area contributed by atoms with Crippen LogP contribution in [0.5, 0.6) is 11.5 Å². The van der Waals surface area contributed by atoms with Crippen molar-refractivity contribution in [3.05, 3.63) is 59.7 Å². The van der Waals surface area contributed by atoms with Crippen LogP contribution in [-0.2, 0) is 0 Å². The second-order valence-electron chi connectivity index (χ2n) is 4.15. The van der Waals surface area contributed by atoms with E-state index in [1.165, 1.54) is 0 Å². The molecule has 0 fully saturated rings. The number of hydrogen-bond donors (Lipinski definition) is 0. The third-order valence-corrected chi connectivity index (χ3v) is 2.89. The van der Waals surface area contributed by atoms with Crippen molar-refractivity contribution in [1.82, 2.24) is 0 Å². The van der Waals surface area contributed by atoms with E-state index >= 15 is 0 Å². The molecule has 3 rings (SSSR count). The normalized spacial score (nSPS) is 13.6. The minimum atomic E-state index is -0.131. The van der Waals surface area contributed by atoms with Crippen molar-refractivity contribution in [2.45, 2.75) is 6.42 Å². The van der Waals surface area contributed by atoms with Crippen molar-refractivity contribution in [2.24, 2.45) is 0 Å². The van der Waals surface area contributed by atoms with Gasteiger partial charge in [0, 0.05) is 11.1 Å². The minimum absolute atomic E-state index is 0.0237. The van der Waals surface area contributed by atoms with Crippen molar-refractivity contribution in [1.29, 1.82) is 0 Å². The Kier molecular flexibility index (Phi) is 2.45. The molecule has 0 unspecified atom stereocenters. The second kappa shape index (κ2) is 4.11. The molecule has 3 heteroatoms. The van der Waals surface area contributed by atoms with Crippen LogP contribution in [0.3, 0.4) is 0 Å². The molecule has 1 aliphatic rings. The molecular weight excluding hydrogens is 228 g/mol. The van der Waals surface area contributed by atoms with Gasteiger partial charge >= 0.3 is 0 Å². The summed E-state index contributed by atoms with van der Waals surface area (Å²) in [5.41, 5.74) is 0.967. The Labute approximate surface area is 104 Å². The van der Waals surface area contributed by atoms with Crippen LogP contribution in [0.1, 0.15) is 27.1 Å². The van der Waals surface area contributed by atoms with E-state index in [0.29, 0.717) is 22.6 Å². The molecule has 0 aromatic heterocycles. The number of Topliss-reactive ketones (excluding diaryl/α,β-unsaturated/α-hetero) is 2. The number of fused-ring (bicyclic) bond motifs is 1. The van der Waals surface area contributed by atoms with Gasteiger partial charge in [-0.25, -0.2) is 0 Å². The highest BCUT2D eigenvalue weighted by molar-refractivity contribution is 6.24. The number of para-hydroxylation sites is 1. The van der Waals surface area contributed by atoms with Gasteiger partial charge in [-0.1, -0.05) is 18.2 Å². The highest BCUT2D eigenvalue weighted by atomic mass is 16.5. The molecule has 0 radical (unpaired) electrons. The molecule has 0 atom stereocenters. The minimum Gasteiger partial charge on any atom is -0.457 e. The number of ether oxygens (including phenoxy) is 1. The molecule has 0 saturated carbocycles. The molecule has 0 heterocycles. The van der Waals surface area contributed by atoms with Gasteiger partial charge in [0.25, 0.3) is 0 Å². The lowest BCUT2D eigenvalue weighted by Gasteiger charge is -2.06. The highest BCUT2D eigenvalue weighted by Crippen LogP contribution is 2.28. The van der Waals surface area contributed by atoms with E-state index in [1.807, 2.05) is 30.3 Å². The number of benzene rings is 2. The van der Waals surface area contributed by atoms with E-state index in [2.05, 4.69) is 0 Å². The zero-order chi connectivity index (χ0) is 12.5. The maximum absolute atomic E-state index is 11.6. The van der Waals surface area contributed by atoms with Gasteiger partial charge in [0.2, 0.25) is 0 Å². The first kappa shape index (κ1) is 10.7. The van der Waals surface area contributed by atoms with Crippen molar-refractivity contribution in [3.63, 3.8) is 0 Å². The molecule has 0 bridgehead atoms. The van der Waals surface area contributed by atoms with Crippen LogP contribution in [0.25, 0.3) is 0 Å². The average molecular weight is 238 g/mol. The first-order chi connectivity index (χ1) is 8.74. The maximum atomic E-state index is 11.6. The Balaban J connectivity index is 1.94. The standard InChI is InChI=1S/C15H10O3/c16-14-9-15(17)13-8-11(6-7-12(13)14)18-10-4-2-1-3-5-10/h1-8H,9H2. The van der Waals surface area contributed by atoms with E-state index in [-0.39, 0.29) is 18.0 Å². The topological polar surface area (TPSA) is 43.4 Å². The first-order valence-electron chi connectivity index (χ1n) is 5.67. The SMILES string of the molecule is O=C1CC(=O)c2cc(Oc3ccccc3)ccc21. The first-order valence-corrected chi connectivity index (χ1v) is 5.67. The molecule has 0 saturated heterocycles. The van der Waals surface area contributed by atoms with E-state index in [9.17, 15) is 9.59 Å². The van der Waals surface area contributed by atoms with Gasteiger partial charge in [0.15, 0.2) is 11.6 Å². The van der Waals surface area contributed by atoms with Gasteiger partial charge in [-0.05, 0) is 30.3 Å². The number of rotatable bonds is 2. The van der Waals surface area contributed by atoms with Crippen LogP contribution in [0, 0.1) is 0 Å². The molecule has 1 aliphatic carbocycles.